The number of benzene rings is 1. The quantitative estimate of drug-likeness (QED) is 0.878. The predicted octanol–water partition coefficient (Wildman–Crippen LogP) is 3.74. The molecule has 3 nitrogen and oxygen atoms in total. The molecular formula is C13H15ClN2OS. The van der Waals surface area contributed by atoms with E-state index in [1.807, 2.05) is 17.5 Å². The molecule has 1 aromatic carbocycles. The molecule has 0 aliphatic carbocycles. The highest BCUT2D eigenvalue weighted by Crippen LogP contribution is 2.27. The summed E-state index contributed by atoms with van der Waals surface area (Å²) in [6, 6.07) is 5.59. The summed E-state index contributed by atoms with van der Waals surface area (Å²) in [5.74, 6) is 0.153. The zero-order chi connectivity index (χ0) is 13.0. The topological polar surface area (TPSA) is 45.1 Å². The number of para-hydroxylation sites is 1. The summed E-state index contributed by atoms with van der Waals surface area (Å²) in [6.07, 6.45) is 2.76. The number of phenolic OH excluding ortho intramolecular Hbond substituents is 1. The van der Waals surface area contributed by atoms with Crippen LogP contribution >= 0.6 is 22.9 Å². The first-order valence-electron chi connectivity index (χ1n) is 5.81. The molecule has 1 aromatic heterocycles. The van der Waals surface area contributed by atoms with Gasteiger partial charge < -0.3 is 10.4 Å². The lowest BCUT2D eigenvalue weighted by Crippen LogP contribution is -2.20. The molecule has 0 amide bonds. The third kappa shape index (κ3) is 3.02. The van der Waals surface area contributed by atoms with Crippen LogP contribution in [0.25, 0.3) is 0 Å². The van der Waals surface area contributed by atoms with E-state index in [0.717, 1.165) is 17.0 Å². The standard InChI is InChI=1S/C13H15ClN2OS/c1-2-11(13-15-6-7-18-13)16-8-9-4-3-5-10(14)12(9)17/h3-7,11,16-17H,2,8H2,1H3. The van der Waals surface area contributed by atoms with Crippen molar-refractivity contribution in [3.8, 4) is 5.75 Å². The van der Waals surface area contributed by atoms with Crippen molar-refractivity contribution < 1.29 is 5.11 Å². The van der Waals surface area contributed by atoms with Gasteiger partial charge in [0.1, 0.15) is 10.8 Å². The lowest BCUT2D eigenvalue weighted by atomic mass is 10.1. The minimum atomic E-state index is 0.153. The second-order valence-corrected chi connectivity index (χ2v) is 5.29. The maximum absolute atomic E-state index is 9.83. The molecule has 0 aliphatic rings. The van der Waals surface area contributed by atoms with Crippen LogP contribution in [0.1, 0.15) is 30.0 Å². The van der Waals surface area contributed by atoms with Crippen molar-refractivity contribution in [2.24, 2.45) is 0 Å². The van der Waals surface area contributed by atoms with Gasteiger partial charge in [0.05, 0.1) is 11.1 Å². The highest BCUT2D eigenvalue weighted by Gasteiger charge is 2.12. The van der Waals surface area contributed by atoms with Crippen LogP contribution < -0.4 is 5.32 Å². The largest absolute Gasteiger partial charge is 0.506 e. The first-order chi connectivity index (χ1) is 8.72. The molecule has 1 atom stereocenters. The molecule has 1 unspecified atom stereocenters. The summed E-state index contributed by atoms with van der Waals surface area (Å²) < 4.78 is 0. The van der Waals surface area contributed by atoms with Crippen LogP contribution in [-0.2, 0) is 6.54 Å². The molecule has 0 spiro atoms. The van der Waals surface area contributed by atoms with Gasteiger partial charge in [0, 0.05) is 23.7 Å². The fraction of sp³-hybridized carbons (Fsp3) is 0.308. The second-order valence-electron chi connectivity index (χ2n) is 3.96. The van der Waals surface area contributed by atoms with Gasteiger partial charge in [0.2, 0.25) is 0 Å². The molecule has 0 bridgehead atoms. The molecule has 2 N–H and O–H groups in total. The number of hydrogen-bond acceptors (Lipinski definition) is 4. The first kappa shape index (κ1) is 13.3. The Bertz CT molecular complexity index is 502. The fourth-order valence-corrected chi connectivity index (χ4v) is 2.74. The molecule has 1 heterocycles. The van der Waals surface area contributed by atoms with E-state index in [9.17, 15) is 5.11 Å². The molecular weight excluding hydrogens is 268 g/mol. The van der Waals surface area contributed by atoms with E-state index in [0.29, 0.717) is 11.6 Å². The number of nitrogens with one attached hydrogen (secondary N) is 1. The van der Waals surface area contributed by atoms with Crippen molar-refractivity contribution in [1.29, 1.82) is 0 Å². The third-order valence-electron chi connectivity index (χ3n) is 2.77. The molecule has 96 valence electrons. The lowest BCUT2D eigenvalue weighted by Gasteiger charge is -2.15. The summed E-state index contributed by atoms with van der Waals surface area (Å²) in [6.45, 7) is 2.68. The molecule has 0 fully saturated rings. The van der Waals surface area contributed by atoms with Crippen molar-refractivity contribution in [2.75, 3.05) is 0 Å². The number of hydrogen-bond donors (Lipinski definition) is 2. The monoisotopic (exact) mass is 282 g/mol. The maximum atomic E-state index is 9.83. The van der Waals surface area contributed by atoms with Crippen LogP contribution in [0, 0.1) is 0 Å². The lowest BCUT2D eigenvalue weighted by molar-refractivity contribution is 0.455. The average molecular weight is 283 g/mol. The molecule has 0 saturated heterocycles. The van der Waals surface area contributed by atoms with Gasteiger partial charge in [-0.1, -0.05) is 30.7 Å². The smallest absolute Gasteiger partial charge is 0.138 e. The molecule has 0 aliphatic heterocycles. The van der Waals surface area contributed by atoms with Crippen LogP contribution in [0.3, 0.4) is 0 Å². The Hall–Kier alpha value is -1.10. The Balaban J connectivity index is 2.04. The van der Waals surface area contributed by atoms with Crippen LogP contribution in [0.5, 0.6) is 5.75 Å². The van der Waals surface area contributed by atoms with E-state index >= 15 is 0 Å². The van der Waals surface area contributed by atoms with Gasteiger partial charge in [0.15, 0.2) is 0 Å². The Kier molecular flexibility index (Phi) is 4.58. The Morgan fingerprint density at radius 3 is 3.00 bits per heavy atom. The van der Waals surface area contributed by atoms with E-state index in [2.05, 4.69) is 17.2 Å². The summed E-state index contributed by atoms with van der Waals surface area (Å²) in [4.78, 5) is 4.31. The molecule has 2 rings (SSSR count). The van der Waals surface area contributed by atoms with E-state index in [-0.39, 0.29) is 11.8 Å². The SMILES string of the molecule is CCC(NCc1cccc(Cl)c1O)c1nccs1. The number of halogens is 1. The van der Waals surface area contributed by atoms with E-state index in [4.69, 9.17) is 11.6 Å². The van der Waals surface area contributed by atoms with Gasteiger partial charge in [0.25, 0.3) is 0 Å². The van der Waals surface area contributed by atoms with Crippen molar-refractivity contribution in [3.63, 3.8) is 0 Å². The molecule has 0 saturated carbocycles. The molecule has 18 heavy (non-hydrogen) atoms. The number of nitrogens with zero attached hydrogens (tertiary/aromatic N) is 1. The first-order valence-corrected chi connectivity index (χ1v) is 7.07. The molecule has 2 aromatic rings. The normalized spacial score (nSPS) is 12.6. The van der Waals surface area contributed by atoms with Gasteiger partial charge in [-0.05, 0) is 12.5 Å². The number of thiazole rings is 1. The van der Waals surface area contributed by atoms with Gasteiger partial charge in [-0.2, -0.15) is 0 Å². The van der Waals surface area contributed by atoms with Crippen LogP contribution in [-0.4, -0.2) is 10.1 Å². The Morgan fingerprint density at radius 2 is 2.33 bits per heavy atom. The summed E-state index contributed by atoms with van der Waals surface area (Å²) in [7, 11) is 0. The Morgan fingerprint density at radius 1 is 1.50 bits per heavy atom. The number of aromatic hydroxyl groups is 1. The summed E-state index contributed by atoms with van der Waals surface area (Å²) in [5.41, 5.74) is 0.803. The molecule has 0 radical (unpaired) electrons. The zero-order valence-corrected chi connectivity index (χ0v) is 11.6. The highest BCUT2D eigenvalue weighted by atomic mass is 35.5. The van der Waals surface area contributed by atoms with Gasteiger partial charge >= 0.3 is 0 Å². The van der Waals surface area contributed by atoms with E-state index < -0.39 is 0 Å². The van der Waals surface area contributed by atoms with Crippen LogP contribution in [0.4, 0.5) is 0 Å². The predicted molar refractivity (Wildman–Crippen MR) is 75.1 cm³/mol. The van der Waals surface area contributed by atoms with Crippen molar-refractivity contribution in [3.05, 3.63) is 45.4 Å². The highest BCUT2D eigenvalue weighted by molar-refractivity contribution is 7.09. The summed E-state index contributed by atoms with van der Waals surface area (Å²) in [5, 5.41) is 16.6. The van der Waals surface area contributed by atoms with E-state index in [1.54, 1.807) is 23.6 Å². The van der Waals surface area contributed by atoms with Gasteiger partial charge in [-0.25, -0.2) is 4.98 Å². The van der Waals surface area contributed by atoms with Crippen molar-refractivity contribution in [1.82, 2.24) is 10.3 Å². The Labute approximate surface area is 115 Å². The fourth-order valence-electron chi connectivity index (χ4n) is 1.75. The second kappa shape index (κ2) is 6.18. The number of phenols is 1. The minimum absolute atomic E-state index is 0.153. The van der Waals surface area contributed by atoms with E-state index in [1.165, 1.54) is 0 Å². The maximum Gasteiger partial charge on any atom is 0.138 e. The summed E-state index contributed by atoms with van der Waals surface area (Å²) >= 11 is 7.51. The zero-order valence-electron chi connectivity index (χ0n) is 10.1. The number of aromatic nitrogens is 1. The number of rotatable bonds is 5. The van der Waals surface area contributed by atoms with Crippen LogP contribution in [0.2, 0.25) is 5.02 Å². The third-order valence-corrected chi connectivity index (χ3v) is 3.96. The average Bonchev–Trinajstić information content (AvgIpc) is 2.89. The molecule has 5 heteroatoms. The van der Waals surface area contributed by atoms with Gasteiger partial charge in [-0.15, -0.1) is 11.3 Å². The van der Waals surface area contributed by atoms with Crippen molar-refractivity contribution in [2.45, 2.75) is 25.9 Å². The van der Waals surface area contributed by atoms with Crippen molar-refractivity contribution >= 4 is 22.9 Å². The minimum Gasteiger partial charge on any atom is -0.506 e. The van der Waals surface area contributed by atoms with Crippen LogP contribution in [0.15, 0.2) is 29.8 Å². The van der Waals surface area contributed by atoms with Gasteiger partial charge in [-0.3, -0.25) is 0 Å².